The summed E-state index contributed by atoms with van der Waals surface area (Å²) >= 11 is 6.14. The van der Waals surface area contributed by atoms with Crippen molar-refractivity contribution in [3.63, 3.8) is 0 Å². The Hall–Kier alpha value is -4.83. The smallest absolute Gasteiger partial charge is 0.260 e. The van der Waals surface area contributed by atoms with Crippen LogP contribution in [-0.4, -0.2) is 45.7 Å². The SMILES string of the molecule is COc1cc(CN2C(=O)c3ccc(Cl)cc3NC(=O)C2Cc2ccccn2)ccc1C(=O)Nc1ccc(F)cn1. The van der Waals surface area contributed by atoms with E-state index in [0.29, 0.717) is 27.5 Å². The van der Waals surface area contributed by atoms with E-state index in [1.807, 2.05) is 6.07 Å². The molecule has 1 atom stereocenters. The van der Waals surface area contributed by atoms with Crippen LogP contribution in [0.5, 0.6) is 5.75 Å². The van der Waals surface area contributed by atoms with Crippen molar-refractivity contribution in [3.8, 4) is 5.75 Å². The molecule has 0 aliphatic carbocycles. The van der Waals surface area contributed by atoms with Crippen molar-refractivity contribution < 1.29 is 23.5 Å². The lowest BCUT2D eigenvalue weighted by atomic mass is 10.0. The summed E-state index contributed by atoms with van der Waals surface area (Å²) in [5.74, 6) is -1.36. The molecule has 2 N–H and O–H groups in total. The van der Waals surface area contributed by atoms with Gasteiger partial charge in [-0.05, 0) is 60.2 Å². The van der Waals surface area contributed by atoms with Gasteiger partial charge in [-0.25, -0.2) is 9.37 Å². The highest BCUT2D eigenvalue weighted by Crippen LogP contribution is 2.30. The van der Waals surface area contributed by atoms with Crippen molar-refractivity contribution in [1.82, 2.24) is 14.9 Å². The zero-order chi connectivity index (χ0) is 28.2. The van der Waals surface area contributed by atoms with E-state index < -0.39 is 17.8 Å². The van der Waals surface area contributed by atoms with Crippen LogP contribution >= 0.6 is 11.6 Å². The number of nitrogens with one attached hydrogen (secondary N) is 2. The number of amides is 3. The number of methoxy groups -OCH3 is 1. The number of benzene rings is 2. The number of aromatic nitrogens is 2. The van der Waals surface area contributed by atoms with Gasteiger partial charge in [0, 0.05) is 29.9 Å². The molecule has 11 heteroatoms. The highest BCUT2D eigenvalue weighted by Gasteiger charge is 2.36. The zero-order valence-corrected chi connectivity index (χ0v) is 22.0. The first-order valence-corrected chi connectivity index (χ1v) is 12.6. The lowest BCUT2D eigenvalue weighted by molar-refractivity contribution is -0.120. The van der Waals surface area contributed by atoms with Gasteiger partial charge >= 0.3 is 0 Å². The van der Waals surface area contributed by atoms with E-state index >= 15 is 0 Å². The molecule has 9 nitrogen and oxygen atoms in total. The Morgan fingerprint density at radius 3 is 2.67 bits per heavy atom. The summed E-state index contributed by atoms with van der Waals surface area (Å²) in [5.41, 5.74) is 2.11. The van der Waals surface area contributed by atoms with E-state index in [4.69, 9.17) is 16.3 Å². The molecule has 2 aromatic carbocycles. The maximum absolute atomic E-state index is 13.8. The molecule has 3 amide bonds. The minimum atomic E-state index is -0.882. The molecule has 5 rings (SSSR count). The normalized spacial score (nSPS) is 14.7. The summed E-state index contributed by atoms with van der Waals surface area (Å²) < 4.78 is 18.6. The van der Waals surface area contributed by atoms with Crippen molar-refractivity contribution >= 4 is 40.8 Å². The van der Waals surface area contributed by atoms with Gasteiger partial charge < -0.3 is 20.3 Å². The molecule has 0 radical (unpaired) electrons. The summed E-state index contributed by atoms with van der Waals surface area (Å²) in [5, 5.41) is 5.82. The lowest BCUT2D eigenvalue weighted by Gasteiger charge is -2.29. The van der Waals surface area contributed by atoms with Crippen LogP contribution < -0.4 is 15.4 Å². The van der Waals surface area contributed by atoms with E-state index in [1.54, 1.807) is 54.7 Å². The number of carbonyl (C=O) groups is 3. The van der Waals surface area contributed by atoms with Crippen molar-refractivity contribution in [2.24, 2.45) is 0 Å². The first kappa shape index (κ1) is 26.8. The molecule has 1 aliphatic heterocycles. The van der Waals surface area contributed by atoms with Crippen molar-refractivity contribution in [2.45, 2.75) is 19.0 Å². The highest BCUT2D eigenvalue weighted by atomic mass is 35.5. The predicted molar refractivity (Wildman–Crippen MR) is 147 cm³/mol. The van der Waals surface area contributed by atoms with Gasteiger partial charge in [0.2, 0.25) is 5.91 Å². The minimum Gasteiger partial charge on any atom is -0.496 e. The lowest BCUT2D eigenvalue weighted by Crippen LogP contribution is -2.46. The molecular formula is C29H23ClFN5O4. The van der Waals surface area contributed by atoms with Crippen molar-refractivity contribution in [1.29, 1.82) is 0 Å². The van der Waals surface area contributed by atoms with Crippen LogP contribution in [0.4, 0.5) is 15.9 Å². The molecule has 0 spiro atoms. The van der Waals surface area contributed by atoms with E-state index in [2.05, 4.69) is 20.6 Å². The van der Waals surface area contributed by atoms with Gasteiger partial charge in [0.05, 0.1) is 30.1 Å². The monoisotopic (exact) mass is 559 g/mol. The number of pyridine rings is 2. The Labute approximate surface area is 234 Å². The number of anilines is 2. The van der Waals surface area contributed by atoms with Crippen LogP contribution in [-0.2, 0) is 17.8 Å². The summed E-state index contributed by atoms with van der Waals surface area (Å²) in [6, 6.07) is 16.6. The van der Waals surface area contributed by atoms with Crippen LogP contribution in [0.25, 0.3) is 0 Å². The fourth-order valence-electron chi connectivity index (χ4n) is 4.41. The molecular weight excluding hydrogens is 537 g/mol. The zero-order valence-electron chi connectivity index (χ0n) is 21.2. The fourth-order valence-corrected chi connectivity index (χ4v) is 4.59. The van der Waals surface area contributed by atoms with Crippen LogP contribution in [0.3, 0.4) is 0 Å². The molecule has 0 saturated carbocycles. The quantitative estimate of drug-likeness (QED) is 0.338. The van der Waals surface area contributed by atoms with Crippen LogP contribution in [0, 0.1) is 5.82 Å². The van der Waals surface area contributed by atoms with Gasteiger partial charge in [-0.15, -0.1) is 0 Å². The molecule has 202 valence electrons. The summed E-state index contributed by atoms with van der Waals surface area (Å²) in [6.45, 7) is 0.0452. The third kappa shape index (κ3) is 5.76. The number of hydrogen-bond acceptors (Lipinski definition) is 6. The van der Waals surface area contributed by atoms with Crippen LogP contribution in [0.1, 0.15) is 32.0 Å². The van der Waals surface area contributed by atoms with Gasteiger partial charge in [0.1, 0.15) is 23.4 Å². The second-order valence-corrected chi connectivity index (χ2v) is 9.44. The van der Waals surface area contributed by atoms with E-state index in [0.717, 1.165) is 6.20 Å². The number of fused-ring (bicyclic) bond motifs is 1. The molecule has 0 fully saturated rings. The molecule has 1 unspecified atom stereocenters. The Bertz CT molecular complexity index is 1580. The Balaban J connectivity index is 1.46. The Morgan fingerprint density at radius 2 is 1.95 bits per heavy atom. The number of halogens is 2. The van der Waals surface area contributed by atoms with Gasteiger partial charge in [-0.2, -0.15) is 0 Å². The summed E-state index contributed by atoms with van der Waals surface area (Å²) in [4.78, 5) is 49.7. The van der Waals surface area contributed by atoms with Gasteiger partial charge in [-0.1, -0.05) is 23.7 Å². The number of hydrogen-bond donors (Lipinski definition) is 2. The molecule has 40 heavy (non-hydrogen) atoms. The molecule has 1 aliphatic rings. The first-order chi connectivity index (χ1) is 19.3. The number of rotatable bonds is 7. The number of carbonyl (C=O) groups excluding carboxylic acids is 3. The predicted octanol–water partition coefficient (Wildman–Crippen LogP) is 4.74. The topological polar surface area (TPSA) is 114 Å². The molecule has 0 bridgehead atoms. The largest absolute Gasteiger partial charge is 0.496 e. The highest BCUT2D eigenvalue weighted by molar-refractivity contribution is 6.31. The molecule has 0 saturated heterocycles. The molecule has 2 aromatic heterocycles. The first-order valence-electron chi connectivity index (χ1n) is 12.2. The molecule has 3 heterocycles. The maximum Gasteiger partial charge on any atom is 0.260 e. The van der Waals surface area contributed by atoms with Gasteiger partial charge in [0.15, 0.2) is 0 Å². The van der Waals surface area contributed by atoms with E-state index in [1.165, 1.54) is 24.1 Å². The Morgan fingerprint density at radius 1 is 1.10 bits per heavy atom. The van der Waals surface area contributed by atoms with Crippen molar-refractivity contribution in [2.75, 3.05) is 17.7 Å². The average Bonchev–Trinajstić information content (AvgIpc) is 3.04. The van der Waals surface area contributed by atoms with Gasteiger partial charge in [-0.3, -0.25) is 19.4 Å². The van der Waals surface area contributed by atoms with E-state index in [-0.39, 0.29) is 41.9 Å². The Kier molecular flexibility index (Phi) is 7.70. The van der Waals surface area contributed by atoms with Crippen molar-refractivity contribution in [3.05, 3.63) is 112 Å². The third-order valence-corrected chi connectivity index (χ3v) is 6.61. The number of nitrogens with zero attached hydrogens (tertiary/aromatic N) is 3. The summed E-state index contributed by atoms with van der Waals surface area (Å²) in [7, 11) is 1.42. The van der Waals surface area contributed by atoms with Gasteiger partial charge in [0.25, 0.3) is 11.8 Å². The minimum absolute atomic E-state index is 0.0452. The van der Waals surface area contributed by atoms with E-state index in [9.17, 15) is 18.8 Å². The third-order valence-electron chi connectivity index (χ3n) is 6.37. The second kappa shape index (κ2) is 11.5. The molecule has 4 aromatic rings. The summed E-state index contributed by atoms with van der Waals surface area (Å²) in [6.07, 6.45) is 2.81. The number of ether oxygens (including phenoxy) is 1. The van der Waals surface area contributed by atoms with Crippen LogP contribution in [0.2, 0.25) is 5.02 Å². The maximum atomic E-state index is 13.8. The second-order valence-electron chi connectivity index (χ2n) is 9.00. The fraction of sp³-hybridized carbons (Fsp3) is 0.138. The average molecular weight is 560 g/mol. The van der Waals surface area contributed by atoms with Crippen LogP contribution in [0.15, 0.2) is 79.1 Å². The standard InChI is InChI=1S/C29H23ClFN5O4/c1-40-25-12-17(5-8-22(25)27(37)35-26-10-7-19(31)15-33-26)16-36-24(14-20-4-2-3-11-32-20)28(38)34-23-13-18(30)6-9-21(23)29(36)39/h2-13,15,24H,14,16H2,1H3,(H,34,38)(H,33,35,37).